The van der Waals surface area contributed by atoms with Gasteiger partial charge in [-0.25, -0.2) is 0 Å². The van der Waals surface area contributed by atoms with Gasteiger partial charge in [0.2, 0.25) is 0 Å². The van der Waals surface area contributed by atoms with E-state index in [2.05, 4.69) is 26.7 Å². The van der Waals surface area contributed by atoms with Crippen LogP contribution in [0.5, 0.6) is 5.75 Å². The van der Waals surface area contributed by atoms with Gasteiger partial charge in [-0.2, -0.15) is 0 Å². The van der Waals surface area contributed by atoms with E-state index in [4.69, 9.17) is 4.74 Å². The Morgan fingerprint density at radius 3 is 2.42 bits per heavy atom. The molecule has 0 N–H and O–H groups in total. The topological polar surface area (TPSA) is 52.8 Å². The van der Waals surface area contributed by atoms with Crippen LogP contribution in [0.3, 0.4) is 0 Å². The number of ether oxygens (including phenoxy) is 1. The molecule has 0 saturated carbocycles. The Balaban J connectivity index is 2.04. The summed E-state index contributed by atoms with van der Waals surface area (Å²) < 4.78 is 7.62. The molecule has 0 spiro atoms. The molecule has 0 radical (unpaired) electrons. The maximum Gasteiger partial charge on any atom is 0.196 e. The summed E-state index contributed by atoms with van der Waals surface area (Å²) in [5.74, 6) is 2.69. The Morgan fingerprint density at radius 2 is 1.75 bits per heavy atom. The van der Waals surface area contributed by atoms with E-state index in [-0.39, 0.29) is 0 Å². The van der Waals surface area contributed by atoms with Crippen LogP contribution in [0.1, 0.15) is 20.3 Å². The number of thioether (sulfide) groups is 1. The molecule has 0 saturated heterocycles. The fourth-order valence-electron chi connectivity index (χ4n) is 2.34. The minimum absolute atomic E-state index is 0.659. The Hall–Kier alpha value is -2.34. The van der Waals surface area contributed by atoms with Crippen molar-refractivity contribution in [1.29, 1.82) is 0 Å². The van der Waals surface area contributed by atoms with Gasteiger partial charge in [-0.3, -0.25) is 9.55 Å². The SMILES string of the molecule is CCCSc1nnc(-c2ccncc2)n1-c1ccc(OCC)cc1. The van der Waals surface area contributed by atoms with Gasteiger partial charge in [-0.15, -0.1) is 10.2 Å². The number of pyridine rings is 1. The second-order valence-electron chi connectivity index (χ2n) is 5.15. The summed E-state index contributed by atoms with van der Waals surface area (Å²) in [6.07, 6.45) is 4.63. The van der Waals surface area contributed by atoms with Crippen molar-refractivity contribution < 1.29 is 4.74 Å². The average molecular weight is 340 g/mol. The second kappa shape index (κ2) is 7.97. The first-order valence-corrected chi connectivity index (χ1v) is 9.04. The Morgan fingerprint density at radius 1 is 1.00 bits per heavy atom. The van der Waals surface area contributed by atoms with Gasteiger partial charge in [0.05, 0.1) is 6.61 Å². The third-order valence-corrected chi connectivity index (χ3v) is 4.55. The molecule has 2 aromatic heterocycles. The van der Waals surface area contributed by atoms with Crippen molar-refractivity contribution in [1.82, 2.24) is 19.7 Å². The molecule has 0 aliphatic carbocycles. The maximum atomic E-state index is 5.53. The van der Waals surface area contributed by atoms with E-state index >= 15 is 0 Å². The molecular formula is C18H20N4OS. The quantitative estimate of drug-likeness (QED) is 0.602. The predicted molar refractivity (Wildman–Crippen MR) is 96.8 cm³/mol. The molecule has 0 unspecified atom stereocenters. The van der Waals surface area contributed by atoms with Crippen LogP contribution in [0.25, 0.3) is 17.1 Å². The molecule has 0 atom stereocenters. The van der Waals surface area contributed by atoms with Crippen LogP contribution in [0.15, 0.2) is 53.9 Å². The molecule has 1 aromatic carbocycles. The minimum atomic E-state index is 0.659. The Kier molecular flexibility index (Phi) is 5.48. The molecule has 0 aliphatic rings. The molecule has 6 heteroatoms. The van der Waals surface area contributed by atoms with Crippen molar-refractivity contribution in [3.05, 3.63) is 48.8 Å². The van der Waals surface area contributed by atoms with E-state index in [0.717, 1.165) is 40.2 Å². The number of nitrogens with zero attached hydrogens (tertiary/aromatic N) is 4. The van der Waals surface area contributed by atoms with Crippen molar-refractivity contribution in [2.45, 2.75) is 25.4 Å². The molecule has 3 rings (SSSR count). The van der Waals surface area contributed by atoms with E-state index < -0.39 is 0 Å². The van der Waals surface area contributed by atoms with E-state index in [0.29, 0.717) is 6.61 Å². The van der Waals surface area contributed by atoms with Gasteiger partial charge < -0.3 is 4.74 Å². The van der Waals surface area contributed by atoms with Gasteiger partial charge in [0.1, 0.15) is 5.75 Å². The molecule has 5 nitrogen and oxygen atoms in total. The van der Waals surface area contributed by atoms with Crippen molar-refractivity contribution >= 4 is 11.8 Å². The van der Waals surface area contributed by atoms with Gasteiger partial charge in [0, 0.05) is 29.4 Å². The summed E-state index contributed by atoms with van der Waals surface area (Å²) in [5.41, 5.74) is 2.02. The number of hydrogen-bond acceptors (Lipinski definition) is 5. The van der Waals surface area contributed by atoms with Crippen molar-refractivity contribution in [3.8, 4) is 22.8 Å². The van der Waals surface area contributed by atoms with Gasteiger partial charge in [0.25, 0.3) is 0 Å². The van der Waals surface area contributed by atoms with Crippen LogP contribution >= 0.6 is 11.8 Å². The zero-order chi connectivity index (χ0) is 16.8. The summed E-state index contributed by atoms with van der Waals surface area (Å²) in [6, 6.07) is 11.9. The van der Waals surface area contributed by atoms with Crippen LogP contribution in [0, 0.1) is 0 Å². The standard InChI is InChI=1S/C18H20N4OS/c1-3-13-24-18-21-20-17(14-9-11-19-12-10-14)22(18)15-5-7-16(8-6-15)23-4-2/h5-12H,3-4,13H2,1-2H3. The maximum absolute atomic E-state index is 5.53. The monoisotopic (exact) mass is 340 g/mol. The summed E-state index contributed by atoms with van der Waals surface area (Å²) >= 11 is 1.71. The Bertz CT molecular complexity index is 771. The Labute approximate surface area is 146 Å². The minimum Gasteiger partial charge on any atom is -0.494 e. The molecule has 124 valence electrons. The van der Waals surface area contributed by atoms with E-state index in [1.165, 1.54) is 0 Å². The molecule has 0 bridgehead atoms. The van der Waals surface area contributed by atoms with E-state index in [9.17, 15) is 0 Å². The van der Waals surface area contributed by atoms with Gasteiger partial charge >= 0.3 is 0 Å². The largest absolute Gasteiger partial charge is 0.494 e. The zero-order valence-electron chi connectivity index (χ0n) is 13.8. The highest BCUT2D eigenvalue weighted by Gasteiger charge is 2.15. The third-order valence-electron chi connectivity index (χ3n) is 3.41. The van der Waals surface area contributed by atoms with Crippen molar-refractivity contribution in [2.24, 2.45) is 0 Å². The molecule has 0 fully saturated rings. The fraction of sp³-hybridized carbons (Fsp3) is 0.278. The van der Waals surface area contributed by atoms with E-state index in [1.807, 2.05) is 43.3 Å². The molecule has 0 amide bonds. The van der Waals surface area contributed by atoms with Gasteiger partial charge in [0.15, 0.2) is 11.0 Å². The molecule has 0 aliphatic heterocycles. The van der Waals surface area contributed by atoms with Crippen molar-refractivity contribution in [2.75, 3.05) is 12.4 Å². The van der Waals surface area contributed by atoms with Crippen LogP contribution in [0.4, 0.5) is 0 Å². The molecular weight excluding hydrogens is 320 g/mol. The number of rotatable bonds is 7. The first-order valence-electron chi connectivity index (χ1n) is 8.05. The molecule has 3 aromatic rings. The number of benzene rings is 1. The molecule has 24 heavy (non-hydrogen) atoms. The summed E-state index contributed by atoms with van der Waals surface area (Å²) in [6.45, 7) is 4.80. The lowest BCUT2D eigenvalue weighted by Gasteiger charge is -2.11. The molecule has 2 heterocycles. The van der Waals surface area contributed by atoms with Crippen LogP contribution in [-0.4, -0.2) is 32.1 Å². The van der Waals surface area contributed by atoms with Gasteiger partial charge in [-0.05, 0) is 49.7 Å². The smallest absolute Gasteiger partial charge is 0.196 e. The summed E-state index contributed by atoms with van der Waals surface area (Å²) in [5, 5.41) is 9.69. The summed E-state index contributed by atoms with van der Waals surface area (Å²) in [4.78, 5) is 4.08. The highest BCUT2D eigenvalue weighted by atomic mass is 32.2. The first-order chi connectivity index (χ1) is 11.8. The first kappa shape index (κ1) is 16.5. The second-order valence-corrected chi connectivity index (χ2v) is 6.21. The van der Waals surface area contributed by atoms with Crippen LogP contribution < -0.4 is 4.74 Å². The number of hydrogen-bond donors (Lipinski definition) is 0. The highest BCUT2D eigenvalue weighted by Crippen LogP contribution is 2.28. The lowest BCUT2D eigenvalue weighted by Crippen LogP contribution is -2.00. The highest BCUT2D eigenvalue weighted by molar-refractivity contribution is 7.99. The summed E-state index contributed by atoms with van der Waals surface area (Å²) in [7, 11) is 0. The lowest BCUT2D eigenvalue weighted by molar-refractivity contribution is 0.340. The van der Waals surface area contributed by atoms with Crippen LogP contribution in [-0.2, 0) is 0 Å². The van der Waals surface area contributed by atoms with E-state index in [1.54, 1.807) is 24.2 Å². The van der Waals surface area contributed by atoms with Crippen LogP contribution in [0.2, 0.25) is 0 Å². The fourth-order valence-corrected chi connectivity index (χ4v) is 3.14. The number of aromatic nitrogens is 4. The lowest BCUT2D eigenvalue weighted by atomic mass is 10.2. The van der Waals surface area contributed by atoms with Gasteiger partial charge in [-0.1, -0.05) is 18.7 Å². The predicted octanol–water partition coefficient (Wildman–Crippen LogP) is 4.23. The average Bonchev–Trinajstić information content (AvgIpc) is 3.05. The normalized spacial score (nSPS) is 10.8. The third kappa shape index (κ3) is 3.59. The van der Waals surface area contributed by atoms with Crippen molar-refractivity contribution in [3.63, 3.8) is 0 Å². The zero-order valence-corrected chi connectivity index (χ0v) is 14.7.